The minimum atomic E-state index is 0.253. The first kappa shape index (κ1) is 14.0. The number of rotatable bonds is 6. The summed E-state index contributed by atoms with van der Waals surface area (Å²) in [4.78, 5) is 0. The van der Waals surface area contributed by atoms with E-state index in [1.807, 2.05) is 0 Å². The van der Waals surface area contributed by atoms with Crippen molar-refractivity contribution in [3.63, 3.8) is 0 Å². The molecule has 0 aliphatic heterocycles. The number of ether oxygens (including phenoxy) is 1. The van der Waals surface area contributed by atoms with Gasteiger partial charge in [-0.05, 0) is 31.1 Å². The van der Waals surface area contributed by atoms with E-state index in [9.17, 15) is 0 Å². The Morgan fingerprint density at radius 2 is 1.81 bits per heavy atom. The number of methoxy groups -OCH3 is 1. The standard InChI is InChI=1S/C14H29NO/c1-4-6-13(16-3)14(15)12-9-7-11(5-2)8-10-12/h11-14H,4-10,15H2,1-3H3. The highest BCUT2D eigenvalue weighted by Crippen LogP contribution is 2.33. The molecule has 0 heterocycles. The molecule has 0 aromatic carbocycles. The van der Waals surface area contributed by atoms with Gasteiger partial charge in [0, 0.05) is 13.2 Å². The highest BCUT2D eigenvalue weighted by atomic mass is 16.5. The molecule has 16 heavy (non-hydrogen) atoms. The monoisotopic (exact) mass is 227 g/mol. The maximum atomic E-state index is 6.35. The molecule has 0 radical (unpaired) electrons. The van der Waals surface area contributed by atoms with Crippen molar-refractivity contribution in [2.24, 2.45) is 17.6 Å². The summed E-state index contributed by atoms with van der Waals surface area (Å²) < 4.78 is 5.53. The van der Waals surface area contributed by atoms with E-state index in [4.69, 9.17) is 10.5 Å². The summed E-state index contributed by atoms with van der Waals surface area (Å²) in [5.74, 6) is 1.65. The molecule has 2 atom stereocenters. The predicted molar refractivity (Wildman–Crippen MR) is 69.4 cm³/mol. The largest absolute Gasteiger partial charge is 0.380 e. The normalized spacial score (nSPS) is 30.0. The summed E-state index contributed by atoms with van der Waals surface area (Å²) in [6, 6.07) is 0.253. The van der Waals surface area contributed by atoms with Crippen LogP contribution in [-0.2, 0) is 4.74 Å². The zero-order valence-electron chi connectivity index (χ0n) is 11.2. The van der Waals surface area contributed by atoms with E-state index in [0.29, 0.717) is 5.92 Å². The molecule has 0 aromatic rings. The van der Waals surface area contributed by atoms with Gasteiger partial charge in [-0.2, -0.15) is 0 Å². The highest BCUT2D eigenvalue weighted by molar-refractivity contribution is 4.84. The lowest BCUT2D eigenvalue weighted by atomic mass is 9.76. The Morgan fingerprint density at radius 1 is 1.19 bits per heavy atom. The van der Waals surface area contributed by atoms with Crippen molar-refractivity contribution in [3.8, 4) is 0 Å². The smallest absolute Gasteiger partial charge is 0.0724 e. The molecule has 1 aliphatic rings. The fourth-order valence-corrected chi connectivity index (χ4v) is 3.04. The maximum Gasteiger partial charge on any atom is 0.0724 e. The van der Waals surface area contributed by atoms with E-state index in [1.54, 1.807) is 7.11 Å². The van der Waals surface area contributed by atoms with Gasteiger partial charge in [-0.25, -0.2) is 0 Å². The fourth-order valence-electron chi connectivity index (χ4n) is 3.04. The molecule has 2 unspecified atom stereocenters. The lowest BCUT2D eigenvalue weighted by molar-refractivity contribution is 0.0437. The van der Waals surface area contributed by atoms with Crippen LogP contribution in [0, 0.1) is 11.8 Å². The number of hydrogen-bond acceptors (Lipinski definition) is 2. The second-order valence-electron chi connectivity index (χ2n) is 5.33. The second-order valence-corrected chi connectivity index (χ2v) is 5.33. The van der Waals surface area contributed by atoms with Gasteiger partial charge in [-0.15, -0.1) is 0 Å². The lowest BCUT2D eigenvalue weighted by Crippen LogP contribution is -2.43. The highest BCUT2D eigenvalue weighted by Gasteiger charge is 2.29. The molecule has 0 amide bonds. The molecule has 1 aliphatic carbocycles. The van der Waals surface area contributed by atoms with Crippen molar-refractivity contribution < 1.29 is 4.74 Å². The lowest BCUT2D eigenvalue weighted by Gasteiger charge is -2.35. The van der Waals surface area contributed by atoms with Gasteiger partial charge >= 0.3 is 0 Å². The molecule has 0 spiro atoms. The third-order valence-electron chi connectivity index (χ3n) is 4.32. The van der Waals surface area contributed by atoms with E-state index in [-0.39, 0.29) is 12.1 Å². The van der Waals surface area contributed by atoms with Crippen molar-refractivity contribution in [2.45, 2.75) is 70.9 Å². The fraction of sp³-hybridized carbons (Fsp3) is 1.00. The third-order valence-corrected chi connectivity index (χ3v) is 4.32. The van der Waals surface area contributed by atoms with Crippen molar-refractivity contribution in [1.29, 1.82) is 0 Å². The van der Waals surface area contributed by atoms with Crippen LogP contribution in [-0.4, -0.2) is 19.3 Å². The molecular weight excluding hydrogens is 198 g/mol. The molecular formula is C14H29NO. The molecule has 2 N–H and O–H groups in total. The van der Waals surface area contributed by atoms with Crippen LogP contribution < -0.4 is 5.73 Å². The topological polar surface area (TPSA) is 35.2 Å². The number of nitrogens with two attached hydrogens (primary N) is 1. The molecule has 1 saturated carbocycles. The van der Waals surface area contributed by atoms with Crippen LogP contribution in [0.5, 0.6) is 0 Å². The van der Waals surface area contributed by atoms with Crippen molar-refractivity contribution in [1.82, 2.24) is 0 Å². The predicted octanol–water partition coefficient (Wildman–Crippen LogP) is 3.35. The Morgan fingerprint density at radius 3 is 2.25 bits per heavy atom. The third kappa shape index (κ3) is 3.74. The van der Waals surface area contributed by atoms with Crippen molar-refractivity contribution >= 4 is 0 Å². The van der Waals surface area contributed by atoms with Gasteiger partial charge < -0.3 is 10.5 Å². The van der Waals surface area contributed by atoms with E-state index in [0.717, 1.165) is 18.8 Å². The summed E-state index contributed by atoms with van der Waals surface area (Å²) in [6.45, 7) is 4.51. The quantitative estimate of drug-likeness (QED) is 0.755. The van der Waals surface area contributed by atoms with Crippen LogP contribution in [0.1, 0.15) is 58.8 Å². The number of hydrogen-bond donors (Lipinski definition) is 1. The van der Waals surface area contributed by atoms with E-state index in [1.165, 1.54) is 32.1 Å². The van der Waals surface area contributed by atoms with Crippen LogP contribution >= 0.6 is 0 Å². The van der Waals surface area contributed by atoms with Gasteiger partial charge in [0.15, 0.2) is 0 Å². The van der Waals surface area contributed by atoms with Gasteiger partial charge in [-0.3, -0.25) is 0 Å². The summed E-state index contributed by atoms with van der Waals surface area (Å²) >= 11 is 0. The Bertz CT molecular complexity index is 176. The molecule has 1 fully saturated rings. The Hall–Kier alpha value is -0.0800. The first-order chi connectivity index (χ1) is 7.72. The SMILES string of the molecule is CCCC(OC)C(N)C1CCC(CC)CC1. The zero-order valence-corrected chi connectivity index (χ0v) is 11.2. The molecule has 0 bridgehead atoms. The van der Waals surface area contributed by atoms with Gasteiger partial charge in [0.1, 0.15) is 0 Å². The van der Waals surface area contributed by atoms with Crippen LogP contribution in [0.15, 0.2) is 0 Å². The van der Waals surface area contributed by atoms with Crippen molar-refractivity contribution in [2.75, 3.05) is 7.11 Å². The molecule has 96 valence electrons. The summed E-state index contributed by atoms with van der Waals surface area (Å²) in [5, 5.41) is 0. The second kappa shape index (κ2) is 7.29. The first-order valence-electron chi connectivity index (χ1n) is 7.01. The summed E-state index contributed by atoms with van der Waals surface area (Å²) in [7, 11) is 1.80. The first-order valence-corrected chi connectivity index (χ1v) is 7.01. The van der Waals surface area contributed by atoms with Crippen LogP contribution in [0.25, 0.3) is 0 Å². The molecule has 0 aromatic heterocycles. The van der Waals surface area contributed by atoms with E-state index >= 15 is 0 Å². The van der Waals surface area contributed by atoms with Crippen LogP contribution in [0.2, 0.25) is 0 Å². The van der Waals surface area contributed by atoms with Crippen LogP contribution in [0.4, 0.5) is 0 Å². The van der Waals surface area contributed by atoms with Gasteiger partial charge in [0.2, 0.25) is 0 Å². The summed E-state index contributed by atoms with van der Waals surface area (Å²) in [6.07, 6.45) is 9.24. The van der Waals surface area contributed by atoms with Crippen molar-refractivity contribution in [3.05, 3.63) is 0 Å². The van der Waals surface area contributed by atoms with E-state index in [2.05, 4.69) is 13.8 Å². The molecule has 0 saturated heterocycles. The van der Waals surface area contributed by atoms with Crippen LogP contribution in [0.3, 0.4) is 0 Å². The Balaban J connectivity index is 2.39. The molecule has 2 nitrogen and oxygen atoms in total. The van der Waals surface area contributed by atoms with Gasteiger partial charge in [-0.1, -0.05) is 39.5 Å². The Labute approximate surface area is 101 Å². The Kier molecular flexibility index (Phi) is 6.37. The summed E-state index contributed by atoms with van der Waals surface area (Å²) in [5.41, 5.74) is 6.35. The minimum Gasteiger partial charge on any atom is -0.380 e. The average molecular weight is 227 g/mol. The zero-order chi connectivity index (χ0) is 12.0. The average Bonchev–Trinajstić information content (AvgIpc) is 2.35. The van der Waals surface area contributed by atoms with Gasteiger partial charge in [0.25, 0.3) is 0 Å². The molecule has 2 heteroatoms. The van der Waals surface area contributed by atoms with Gasteiger partial charge in [0.05, 0.1) is 6.10 Å². The molecule has 1 rings (SSSR count). The maximum absolute atomic E-state index is 6.35. The minimum absolute atomic E-state index is 0.253. The van der Waals surface area contributed by atoms with E-state index < -0.39 is 0 Å².